The lowest BCUT2D eigenvalue weighted by Crippen LogP contribution is -2.06. The molecule has 2 N–H and O–H groups in total. The summed E-state index contributed by atoms with van der Waals surface area (Å²) >= 11 is 0. The minimum atomic E-state index is -0.207. The first kappa shape index (κ1) is 11.5. The van der Waals surface area contributed by atoms with Gasteiger partial charge in [-0.25, -0.2) is 0 Å². The molecule has 0 radical (unpaired) electrons. The number of aliphatic hydroxyl groups is 1. The van der Waals surface area contributed by atoms with Crippen molar-refractivity contribution in [2.45, 2.75) is 45.1 Å². The van der Waals surface area contributed by atoms with Crippen molar-refractivity contribution in [1.29, 1.82) is 0 Å². The SMILES string of the molecule is CC(O)CCc1cccc2c1NCCCC2. The monoisotopic (exact) mass is 219 g/mol. The number of rotatable bonds is 3. The lowest BCUT2D eigenvalue weighted by Gasteiger charge is -2.14. The Morgan fingerprint density at radius 1 is 1.38 bits per heavy atom. The van der Waals surface area contributed by atoms with E-state index in [4.69, 9.17) is 0 Å². The van der Waals surface area contributed by atoms with Gasteiger partial charge in [0.25, 0.3) is 0 Å². The average molecular weight is 219 g/mol. The molecule has 1 unspecified atom stereocenters. The van der Waals surface area contributed by atoms with Gasteiger partial charge >= 0.3 is 0 Å². The third-order valence-corrected chi connectivity index (χ3v) is 3.24. The zero-order valence-electron chi connectivity index (χ0n) is 10.00. The largest absolute Gasteiger partial charge is 0.393 e. The molecule has 2 rings (SSSR count). The van der Waals surface area contributed by atoms with E-state index in [9.17, 15) is 5.11 Å². The fraction of sp³-hybridized carbons (Fsp3) is 0.571. The average Bonchev–Trinajstić information content (AvgIpc) is 2.51. The van der Waals surface area contributed by atoms with Crippen LogP contribution in [-0.4, -0.2) is 17.8 Å². The molecule has 2 nitrogen and oxygen atoms in total. The smallest absolute Gasteiger partial charge is 0.0515 e. The molecule has 1 aliphatic rings. The van der Waals surface area contributed by atoms with Gasteiger partial charge in [-0.3, -0.25) is 0 Å². The predicted molar refractivity (Wildman–Crippen MR) is 67.9 cm³/mol. The Balaban J connectivity index is 2.17. The number of aryl methyl sites for hydroxylation is 2. The van der Waals surface area contributed by atoms with Gasteiger partial charge in [0.1, 0.15) is 0 Å². The van der Waals surface area contributed by atoms with E-state index in [-0.39, 0.29) is 6.10 Å². The van der Waals surface area contributed by atoms with Gasteiger partial charge in [-0.1, -0.05) is 18.2 Å². The maximum atomic E-state index is 9.35. The van der Waals surface area contributed by atoms with Crippen LogP contribution < -0.4 is 5.32 Å². The topological polar surface area (TPSA) is 32.3 Å². The molecule has 0 bridgehead atoms. The summed E-state index contributed by atoms with van der Waals surface area (Å²) in [4.78, 5) is 0. The second-order valence-corrected chi connectivity index (χ2v) is 4.72. The van der Waals surface area contributed by atoms with Gasteiger partial charge in [-0.05, 0) is 50.2 Å². The molecule has 1 aliphatic heterocycles. The second kappa shape index (κ2) is 5.35. The van der Waals surface area contributed by atoms with Crippen molar-refractivity contribution in [2.75, 3.05) is 11.9 Å². The van der Waals surface area contributed by atoms with Crippen molar-refractivity contribution in [1.82, 2.24) is 0 Å². The lowest BCUT2D eigenvalue weighted by atomic mass is 9.99. The summed E-state index contributed by atoms with van der Waals surface area (Å²) in [7, 11) is 0. The Morgan fingerprint density at radius 3 is 3.06 bits per heavy atom. The van der Waals surface area contributed by atoms with E-state index in [1.54, 1.807) is 0 Å². The molecule has 88 valence electrons. The molecule has 1 heterocycles. The summed E-state index contributed by atoms with van der Waals surface area (Å²) in [6.07, 6.45) is 5.32. The quantitative estimate of drug-likeness (QED) is 0.819. The summed E-state index contributed by atoms with van der Waals surface area (Å²) in [5.74, 6) is 0. The highest BCUT2D eigenvalue weighted by atomic mass is 16.3. The van der Waals surface area contributed by atoms with Crippen LogP contribution in [0.25, 0.3) is 0 Å². The van der Waals surface area contributed by atoms with Gasteiger partial charge in [-0.15, -0.1) is 0 Å². The fourth-order valence-corrected chi connectivity index (χ4v) is 2.32. The van der Waals surface area contributed by atoms with Crippen molar-refractivity contribution >= 4 is 5.69 Å². The highest BCUT2D eigenvalue weighted by molar-refractivity contribution is 5.58. The van der Waals surface area contributed by atoms with E-state index in [2.05, 4.69) is 23.5 Å². The van der Waals surface area contributed by atoms with Crippen LogP contribution in [0.5, 0.6) is 0 Å². The number of hydrogen-bond donors (Lipinski definition) is 2. The predicted octanol–water partition coefficient (Wildman–Crippen LogP) is 2.75. The first-order valence-corrected chi connectivity index (χ1v) is 6.30. The Hall–Kier alpha value is -1.02. The number of anilines is 1. The van der Waals surface area contributed by atoms with E-state index in [1.807, 2.05) is 6.92 Å². The molecule has 0 spiro atoms. The maximum absolute atomic E-state index is 9.35. The van der Waals surface area contributed by atoms with Gasteiger partial charge in [0.15, 0.2) is 0 Å². The van der Waals surface area contributed by atoms with Crippen LogP contribution in [-0.2, 0) is 12.8 Å². The fourth-order valence-electron chi connectivity index (χ4n) is 2.32. The summed E-state index contributed by atoms with van der Waals surface area (Å²) < 4.78 is 0. The van der Waals surface area contributed by atoms with Crippen LogP contribution in [0.1, 0.15) is 37.3 Å². The summed E-state index contributed by atoms with van der Waals surface area (Å²) in [6.45, 7) is 2.94. The molecule has 1 aromatic rings. The number of benzene rings is 1. The second-order valence-electron chi connectivity index (χ2n) is 4.72. The molecule has 0 amide bonds. The standard InChI is InChI=1S/C14H21NO/c1-11(16)8-9-13-7-4-6-12-5-2-3-10-15-14(12)13/h4,6-7,11,15-16H,2-3,5,8-10H2,1H3. The molecule has 16 heavy (non-hydrogen) atoms. The first-order valence-electron chi connectivity index (χ1n) is 6.30. The lowest BCUT2D eigenvalue weighted by molar-refractivity contribution is 0.185. The van der Waals surface area contributed by atoms with Crippen LogP contribution in [0.2, 0.25) is 0 Å². The Kier molecular flexibility index (Phi) is 3.83. The molecule has 1 aromatic carbocycles. The van der Waals surface area contributed by atoms with E-state index in [1.165, 1.54) is 36.1 Å². The number of hydrogen-bond acceptors (Lipinski definition) is 2. The van der Waals surface area contributed by atoms with Crippen molar-refractivity contribution in [3.05, 3.63) is 29.3 Å². The summed E-state index contributed by atoms with van der Waals surface area (Å²) in [6, 6.07) is 6.54. The number of fused-ring (bicyclic) bond motifs is 1. The minimum absolute atomic E-state index is 0.207. The van der Waals surface area contributed by atoms with Crippen LogP contribution in [0.4, 0.5) is 5.69 Å². The number of para-hydroxylation sites is 1. The molecule has 2 heteroatoms. The van der Waals surface area contributed by atoms with Gasteiger partial charge in [-0.2, -0.15) is 0 Å². The van der Waals surface area contributed by atoms with Gasteiger partial charge in [0.05, 0.1) is 6.10 Å². The molecule has 0 aliphatic carbocycles. The third-order valence-electron chi connectivity index (χ3n) is 3.24. The number of nitrogens with one attached hydrogen (secondary N) is 1. The van der Waals surface area contributed by atoms with E-state index in [0.717, 1.165) is 19.4 Å². The van der Waals surface area contributed by atoms with E-state index in [0.29, 0.717) is 0 Å². The van der Waals surface area contributed by atoms with Crippen LogP contribution in [0.15, 0.2) is 18.2 Å². The molecule has 0 saturated heterocycles. The van der Waals surface area contributed by atoms with Crippen LogP contribution in [0, 0.1) is 0 Å². The van der Waals surface area contributed by atoms with E-state index >= 15 is 0 Å². The Labute approximate surface area is 97.7 Å². The van der Waals surface area contributed by atoms with Gasteiger partial charge in [0, 0.05) is 12.2 Å². The zero-order chi connectivity index (χ0) is 11.4. The highest BCUT2D eigenvalue weighted by Crippen LogP contribution is 2.26. The molecular weight excluding hydrogens is 198 g/mol. The third kappa shape index (κ3) is 2.76. The molecule has 0 aromatic heterocycles. The number of aliphatic hydroxyl groups excluding tert-OH is 1. The van der Waals surface area contributed by atoms with E-state index < -0.39 is 0 Å². The summed E-state index contributed by atoms with van der Waals surface area (Å²) in [5.41, 5.74) is 4.14. The van der Waals surface area contributed by atoms with Crippen LogP contribution in [0.3, 0.4) is 0 Å². The Bertz CT molecular complexity index is 347. The zero-order valence-corrected chi connectivity index (χ0v) is 10.00. The van der Waals surface area contributed by atoms with Crippen molar-refractivity contribution < 1.29 is 5.11 Å². The minimum Gasteiger partial charge on any atom is -0.393 e. The summed E-state index contributed by atoms with van der Waals surface area (Å²) in [5, 5.41) is 12.9. The van der Waals surface area contributed by atoms with Gasteiger partial charge in [0.2, 0.25) is 0 Å². The maximum Gasteiger partial charge on any atom is 0.0515 e. The molecular formula is C14H21NO. The van der Waals surface area contributed by atoms with Gasteiger partial charge < -0.3 is 10.4 Å². The first-order chi connectivity index (χ1) is 7.77. The molecule has 0 fully saturated rings. The highest BCUT2D eigenvalue weighted by Gasteiger charge is 2.11. The molecule has 0 saturated carbocycles. The van der Waals surface area contributed by atoms with Crippen LogP contribution >= 0.6 is 0 Å². The van der Waals surface area contributed by atoms with Crippen molar-refractivity contribution in [2.24, 2.45) is 0 Å². The van der Waals surface area contributed by atoms with Crippen molar-refractivity contribution in [3.63, 3.8) is 0 Å². The van der Waals surface area contributed by atoms with Crippen molar-refractivity contribution in [3.8, 4) is 0 Å². The molecule has 1 atom stereocenters. The Morgan fingerprint density at radius 2 is 2.25 bits per heavy atom. The normalized spacial score (nSPS) is 17.1.